The molecule has 2 heterocycles. The maximum atomic E-state index is 13.3. The molecule has 0 saturated heterocycles. The molecule has 1 aliphatic heterocycles. The summed E-state index contributed by atoms with van der Waals surface area (Å²) in [5, 5.41) is 0.589. The van der Waals surface area contributed by atoms with E-state index in [9.17, 15) is 9.59 Å². The fourth-order valence-corrected chi connectivity index (χ4v) is 4.37. The van der Waals surface area contributed by atoms with E-state index in [1.807, 2.05) is 28.0 Å². The molecule has 7 nitrogen and oxygen atoms in total. The molecule has 1 aromatic heterocycles. The maximum Gasteiger partial charge on any atom is 0.242 e. The van der Waals surface area contributed by atoms with Crippen molar-refractivity contribution in [1.29, 1.82) is 0 Å². The first-order valence-corrected chi connectivity index (χ1v) is 12.2. The predicted octanol–water partition coefficient (Wildman–Crippen LogP) is 4.06. The Bertz CT molecular complexity index is 929. The lowest BCUT2D eigenvalue weighted by Crippen LogP contribution is -2.42. The number of rotatable bonds is 5. The summed E-state index contributed by atoms with van der Waals surface area (Å²) in [5.41, 5.74) is 1.75. The Morgan fingerprint density at radius 2 is 1.85 bits per heavy atom. The molecule has 0 N–H and O–H groups in total. The number of carbonyl (C=O) groups is 2. The molecule has 0 aliphatic carbocycles. The third kappa shape index (κ3) is 7.05. The smallest absolute Gasteiger partial charge is 0.242 e. The monoisotopic (exact) mass is 473 g/mol. The van der Waals surface area contributed by atoms with E-state index in [0.29, 0.717) is 37.1 Å². The molecule has 0 fully saturated rings. The van der Waals surface area contributed by atoms with Gasteiger partial charge in [-0.25, -0.2) is 4.98 Å². The average Bonchev–Trinajstić information content (AvgIpc) is 3.24. The SMILES string of the molecule is CC(C)CC(=O)N1CCCN(C(C)C)CCN(C(=O)Cn2ccnc2)Cc2ccc(Cl)cc21. The van der Waals surface area contributed by atoms with Crippen LogP contribution in [0.3, 0.4) is 0 Å². The van der Waals surface area contributed by atoms with Crippen molar-refractivity contribution in [3.63, 3.8) is 0 Å². The molecule has 2 amide bonds. The highest BCUT2D eigenvalue weighted by Gasteiger charge is 2.25. The first kappa shape index (κ1) is 25.2. The molecule has 0 saturated carbocycles. The highest BCUT2D eigenvalue weighted by molar-refractivity contribution is 6.31. The number of amides is 2. The molecular weight excluding hydrogens is 438 g/mol. The van der Waals surface area contributed by atoms with Gasteiger partial charge < -0.3 is 14.4 Å². The summed E-state index contributed by atoms with van der Waals surface area (Å²) in [6.07, 6.45) is 6.46. The van der Waals surface area contributed by atoms with Gasteiger partial charge in [0.2, 0.25) is 11.8 Å². The molecular formula is C25H36ClN5O2. The lowest BCUT2D eigenvalue weighted by atomic mass is 10.1. The van der Waals surface area contributed by atoms with Gasteiger partial charge in [-0.3, -0.25) is 14.5 Å². The summed E-state index contributed by atoms with van der Waals surface area (Å²) in [7, 11) is 0. The number of anilines is 1. The number of fused-ring (bicyclic) bond motifs is 1. The third-order valence-corrected chi connectivity index (χ3v) is 6.26. The Labute approximate surface area is 202 Å². The highest BCUT2D eigenvalue weighted by atomic mass is 35.5. The van der Waals surface area contributed by atoms with Crippen molar-refractivity contribution in [3.8, 4) is 0 Å². The van der Waals surface area contributed by atoms with Crippen LogP contribution in [-0.2, 0) is 22.7 Å². The summed E-state index contributed by atoms with van der Waals surface area (Å²) < 4.78 is 1.79. The van der Waals surface area contributed by atoms with Crippen LogP contribution in [0.2, 0.25) is 5.02 Å². The van der Waals surface area contributed by atoms with Crippen LogP contribution in [-0.4, -0.2) is 63.4 Å². The fourth-order valence-electron chi connectivity index (χ4n) is 4.20. The second-order valence-corrected chi connectivity index (χ2v) is 9.89. The van der Waals surface area contributed by atoms with Crippen molar-refractivity contribution in [2.24, 2.45) is 5.92 Å². The summed E-state index contributed by atoms with van der Waals surface area (Å²) >= 11 is 6.37. The van der Waals surface area contributed by atoms with E-state index < -0.39 is 0 Å². The topological polar surface area (TPSA) is 61.7 Å². The Balaban J connectivity index is 1.97. The van der Waals surface area contributed by atoms with Crippen molar-refractivity contribution >= 4 is 29.1 Å². The van der Waals surface area contributed by atoms with Gasteiger partial charge in [0, 0.05) is 62.6 Å². The molecule has 33 heavy (non-hydrogen) atoms. The van der Waals surface area contributed by atoms with Gasteiger partial charge in [-0.2, -0.15) is 0 Å². The number of halogens is 1. The predicted molar refractivity (Wildman–Crippen MR) is 132 cm³/mol. The van der Waals surface area contributed by atoms with E-state index in [-0.39, 0.29) is 24.3 Å². The number of hydrogen-bond donors (Lipinski definition) is 0. The minimum Gasteiger partial charge on any atom is -0.335 e. The van der Waals surface area contributed by atoms with E-state index in [0.717, 1.165) is 30.8 Å². The number of imidazole rings is 1. The Morgan fingerprint density at radius 3 is 2.52 bits per heavy atom. The quantitative estimate of drug-likeness (QED) is 0.657. The lowest BCUT2D eigenvalue weighted by molar-refractivity contribution is -0.132. The van der Waals surface area contributed by atoms with E-state index in [1.54, 1.807) is 23.3 Å². The van der Waals surface area contributed by atoms with Crippen LogP contribution >= 0.6 is 11.6 Å². The zero-order chi connectivity index (χ0) is 24.0. The van der Waals surface area contributed by atoms with Gasteiger partial charge in [0.15, 0.2) is 0 Å². The van der Waals surface area contributed by atoms with Gasteiger partial charge in [-0.05, 0) is 43.9 Å². The van der Waals surface area contributed by atoms with Crippen LogP contribution < -0.4 is 4.90 Å². The molecule has 8 heteroatoms. The first-order chi connectivity index (χ1) is 15.7. The minimum absolute atomic E-state index is 0.0249. The van der Waals surface area contributed by atoms with Gasteiger partial charge in [0.1, 0.15) is 6.54 Å². The molecule has 180 valence electrons. The maximum absolute atomic E-state index is 13.3. The fraction of sp³-hybridized carbons (Fsp3) is 0.560. The Hall–Kier alpha value is -2.38. The minimum atomic E-state index is 0.0249. The molecule has 1 aliphatic rings. The largest absolute Gasteiger partial charge is 0.335 e. The lowest BCUT2D eigenvalue weighted by Gasteiger charge is -2.30. The molecule has 0 radical (unpaired) electrons. The Kier molecular flexibility index (Phi) is 8.92. The van der Waals surface area contributed by atoms with Crippen molar-refractivity contribution in [2.75, 3.05) is 31.1 Å². The van der Waals surface area contributed by atoms with Crippen LogP contribution in [0, 0.1) is 5.92 Å². The summed E-state index contributed by atoms with van der Waals surface area (Å²) in [6, 6.07) is 6.01. The molecule has 0 spiro atoms. The van der Waals surface area contributed by atoms with Crippen LogP contribution in [0.4, 0.5) is 5.69 Å². The standard InChI is InChI=1S/C25H36ClN5O2/c1-19(2)14-24(32)31-10-5-9-29(20(3)4)12-13-30(25(33)17-28-11-8-27-18-28)16-21-6-7-22(26)15-23(21)31/h6-8,11,15,18-20H,5,9-10,12-14,16-17H2,1-4H3. The van der Waals surface area contributed by atoms with E-state index in [1.165, 1.54) is 0 Å². The zero-order valence-corrected chi connectivity index (χ0v) is 21.0. The molecule has 0 bridgehead atoms. The number of carbonyl (C=O) groups excluding carboxylic acids is 2. The van der Waals surface area contributed by atoms with Gasteiger partial charge in [0.05, 0.1) is 12.0 Å². The summed E-state index contributed by atoms with van der Waals surface area (Å²) in [4.78, 5) is 36.7. The highest BCUT2D eigenvalue weighted by Crippen LogP contribution is 2.28. The Morgan fingerprint density at radius 1 is 1.06 bits per heavy atom. The molecule has 0 unspecified atom stereocenters. The van der Waals surface area contributed by atoms with E-state index >= 15 is 0 Å². The van der Waals surface area contributed by atoms with Crippen LogP contribution in [0.5, 0.6) is 0 Å². The van der Waals surface area contributed by atoms with E-state index in [2.05, 4.69) is 37.6 Å². The third-order valence-electron chi connectivity index (χ3n) is 6.03. The van der Waals surface area contributed by atoms with Crippen molar-refractivity contribution < 1.29 is 9.59 Å². The number of hydrogen-bond acceptors (Lipinski definition) is 4. The van der Waals surface area contributed by atoms with Gasteiger partial charge in [-0.15, -0.1) is 0 Å². The molecule has 1 aromatic carbocycles. The van der Waals surface area contributed by atoms with E-state index in [4.69, 9.17) is 11.6 Å². The van der Waals surface area contributed by atoms with Crippen LogP contribution in [0.15, 0.2) is 36.9 Å². The number of benzene rings is 1. The molecule has 2 aromatic rings. The van der Waals surface area contributed by atoms with Crippen LogP contribution in [0.1, 0.15) is 46.1 Å². The van der Waals surface area contributed by atoms with Gasteiger partial charge in [0.25, 0.3) is 0 Å². The van der Waals surface area contributed by atoms with Crippen molar-refractivity contribution in [3.05, 3.63) is 47.5 Å². The van der Waals surface area contributed by atoms with Crippen molar-refractivity contribution in [2.45, 2.75) is 59.7 Å². The van der Waals surface area contributed by atoms with Crippen molar-refractivity contribution in [1.82, 2.24) is 19.4 Å². The second kappa shape index (κ2) is 11.7. The van der Waals surface area contributed by atoms with Gasteiger partial charge >= 0.3 is 0 Å². The van der Waals surface area contributed by atoms with Gasteiger partial charge in [-0.1, -0.05) is 31.5 Å². The second-order valence-electron chi connectivity index (χ2n) is 9.45. The molecule has 0 atom stereocenters. The van der Waals surface area contributed by atoms with Crippen LogP contribution in [0.25, 0.3) is 0 Å². The normalized spacial score (nSPS) is 16.1. The number of nitrogens with zero attached hydrogens (tertiary/aromatic N) is 5. The zero-order valence-electron chi connectivity index (χ0n) is 20.2. The average molecular weight is 474 g/mol. The number of aromatic nitrogens is 2. The first-order valence-electron chi connectivity index (χ1n) is 11.8. The molecule has 3 rings (SSSR count). The summed E-state index contributed by atoms with van der Waals surface area (Å²) in [5.74, 6) is 0.385. The summed E-state index contributed by atoms with van der Waals surface area (Å²) in [6.45, 7) is 12.0.